The number of thiophene rings is 3. The van der Waals surface area contributed by atoms with Crippen LogP contribution in [0.3, 0.4) is 0 Å². The first-order chi connectivity index (χ1) is 10.4. The second-order valence-corrected chi connectivity index (χ2v) is 7.08. The van der Waals surface area contributed by atoms with E-state index in [0.29, 0.717) is 0 Å². The van der Waals surface area contributed by atoms with Crippen LogP contribution in [0.5, 0.6) is 0 Å². The van der Waals surface area contributed by atoms with Gasteiger partial charge in [-0.15, -0.1) is 34.0 Å². The van der Waals surface area contributed by atoms with Gasteiger partial charge in [-0.1, -0.05) is 18.2 Å². The summed E-state index contributed by atoms with van der Waals surface area (Å²) in [4.78, 5) is 17.1. The minimum absolute atomic E-state index is 0. The van der Waals surface area contributed by atoms with E-state index in [1.807, 2.05) is 52.5 Å². The van der Waals surface area contributed by atoms with Gasteiger partial charge in [0.15, 0.2) is 17.5 Å². The molecule has 0 aliphatic rings. The molecule has 0 N–H and O–H groups in total. The Balaban J connectivity index is 0.00000144. The molecule has 0 fully saturated rings. The quantitative estimate of drug-likeness (QED) is 0.513. The molecule has 7 heteroatoms. The first-order valence-corrected chi connectivity index (χ1v) is 8.92. The van der Waals surface area contributed by atoms with Crippen LogP contribution in [0, 0.1) is 0 Å². The van der Waals surface area contributed by atoms with Crippen LogP contribution in [0.15, 0.2) is 52.5 Å². The summed E-state index contributed by atoms with van der Waals surface area (Å²) in [5.74, 6) is 2.23. The maximum Gasteiger partial charge on any atom is 0.174 e. The monoisotopic (exact) mass is 351 g/mol. The second-order valence-electron chi connectivity index (χ2n) is 4.24. The zero-order chi connectivity index (χ0) is 14.1. The third-order valence-corrected chi connectivity index (χ3v) is 5.46. The van der Waals surface area contributed by atoms with Gasteiger partial charge in [-0.05, 0) is 34.3 Å². The van der Waals surface area contributed by atoms with Crippen molar-refractivity contribution in [2.24, 2.45) is 0 Å². The minimum Gasteiger partial charge on any atom is -0.206 e. The molecule has 0 amide bonds. The number of aromatic nitrogens is 3. The third-order valence-electron chi connectivity index (χ3n) is 2.86. The van der Waals surface area contributed by atoms with Crippen LogP contribution in [-0.2, 0) is 0 Å². The van der Waals surface area contributed by atoms with Gasteiger partial charge in [-0.3, -0.25) is 0 Å². The van der Waals surface area contributed by atoms with Crippen molar-refractivity contribution in [3.63, 3.8) is 0 Å². The van der Waals surface area contributed by atoms with Gasteiger partial charge in [-0.25, -0.2) is 15.0 Å². The Morgan fingerprint density at radius 3 is 1.09 bits per heavy atom. The molecule has 0 unspecified atom stereocenters. The number of nitrogens with zero attached hydrogens (tertiary/aromatic N) is 3. The first-order valence-electron chi connectivity index (χ1n) is 6.28. The van der Waals surface area contributed by atoms with E-state index in [1.165, 1.54) is 0 Å². The van der Waals surface area contributed by atoms with Crippen molar-refractivity contribution in [1.82, 2.24) is 15.0 Å². The van der Waals surface area contributed by atoms with Crippen molar-refractivity contribution in [1.29, 1.82) is 0 Å². The predicted molar refractivity (Wildman–Crippen MR) is 96.9 cm³/mol. The molecule has 0 aliphatic heterocycles. The molecule has 22 heavy (non-hydrogen) atoms. The largest absolute Gasteiger partial charge is 0.206 e. The van der Waals surface area contributed by atoms with Crippen LogP contribution < -0.4 is 0 Å². The summed E-state index contributed by atoms with van der Waals surface area (Å²) in [7, 11) is 0. The van der Waals surface area contributed by atoms with E-state index in [0.717, 1.165) is 32.1 Å². The van der Waals surface area contributed by atoms with E-state index in [2.05, 4.69) is 15.0 Å². The van der Waals surface area contributed by atoms with Crippen LogP contribution in [0.4, 0.5) is 0 Å². The molecule has 4 rings (SSSR count). The van der Waals surface area contributed by atoms with Crippen molar-refractivity contribution >= 4 is 63.6 Å². The van der Waals surface area contributed by atoms with E-state index in [4.69, 9.17) is 0 Å². The zero-order valence-electron chi connectivity index (χ0n) is 10.8. The van der Waals surface area contributed by atoms with Crippen molar-refractivity contribution in [2.75, 3.05) is 0 Å². The maximum atomic E-state index is 4.63. The average Bonchev–Trinajstić information content (AvgIpc) is 3.29. The molecule has 0 saturated carbocycles. The van der Waals surface area contributed by atoms with Gasteiger partial charge in [0.25, 0.3) is 0 Å². The molecule has 0 radical (unpaired) electrons. The van der Waals surface area contributed by atoms with E-state index in [1.54, 1.807) is 34.0 Å². The fraction of sp³-hybridized carbons (Fsp3) is 0. The smallest absolute Gasteiger partial charge is 0.174 e. The Morgan fingerprint density at radius 1 is 0.545 bits per heavy atom. The van der Waals surface area contributed by atoms with Crippen LogP contribution in [0.25, 0.3) is 32.1 Å². The standard InChI is InChI=1S/C15H9N3S3.Na.H/c1-4-10(19-7-1)13-16-14(11-5-2-8-20-11)18-15(17-13)12-6-3-9-21-12;;/h1-9H;;. The summed E-state index contributed by atoms with van der Waals surface area (Å²) in [5.41, 5.74) is 0. The summed E-state index contributed by atoms with van der Waals surface area (Å²) < 4.78 is 0. The van der Waals surface area contributed by atoms with Crippen molar-refractivity contribution < 1.29 is 0 Å². The number of rotatable bonds is 3. The van der Waals surface area contributed by atoms with Crippen LogP contribution in [0.2, 0.25) is 0 Å². The molecule has 0 atom stereocenters. The minimum atomic E-state index is 0. The molecule has 4 aromatic rings. The van der Waals surface area contributed by atoms with E-state index in [-0.39, 0.29) is 29.6 Å². The van der Waals surface area contributed by atoms with Gasteiger partial charge in [0, 0.05) is 0 Å². The van der Waals surface area contributed by atoms with Crippen molar-refractivity contribution in [2.45, 2.75) is 0 Å². The molecule has 3 nitrogen and oxygen atoms in total. The first kappa shape index (κ1) is 16.0. The van der Waals surface area contributed by atoms with Gasteiger partial charge >= 0.3 is 29.6 Å². The van der Waals surface area contributed by atoms with Gasteiger partial charge in [0.1, 0.15) is 0 Å². The van der Waals surface area contributed by atoms with Gasteiger partial charge < -0.3 is 0 Å². The fourth-order valence-corrected chi connectivity index (χ4v) is 3.90. The van der Waals surface area contributed by atoms with E-state index < -0.39 is 0 Å². The molecular formula is C15H10N3NaS3. The molecule has 4 aromatic heterocycles. The third kappa shape index (κ3) is 3.22. The molecular weight excluding hydrogens is 341 g/mol. The molecule has 0 aliphatic carbocycles. The Morgan fingerprint density at radius 2 is 0.864 bits per heavy atom. The Labute approximate surface area is 162 Å². The summed E-state index contributed by atoms with van der Waals surface area (Å²) in [5, 5.41) is 6.11. The predicted octanol–water partition coefficient (Wildman–Crippen LogP) is 4.41. The Hall–Kier alpha value is -0.890. The molecule has 0 spiro atoms. The summed E-state index contributed by atoms with van der Waals surface area (Å²) in [6.07, 6.45) is 0. The molecule has 0 saturated heterocycles. The van der Waals surface area contributed by atoms with E-state index >= 15 is 0 Å². The molecule has 0 bridgehead atoms. The van der Waals surface area contributed by atoms with Crippen LogP contribution in [-0.4, -0.2) is 44.5 Å². The summed E-state index contributed by atoms with van der Waals surface area (Å²) in [6.45, 7) is 0. The fourth-order valence-electron chi connectivity index (χ4n) is 1.92. The van der Waals surface area contributed by atoms with Crippen molar-refractivity contribution in [3.05, 3.63) is 52.5 Å². The molecule has 0 aromatic carbocycles. The number of hydrogen-bond acceptors (Lipinski definition) is 6. The summed E-state index contributed by atoms with van der Waals surface area (Å²) in [6, 6.07) is 12.2. The van der Waals surface area contributed by atoms with Crippen molar-refractivity contribution in [3.8, 4) is 32.1 Å². The van der Waals surface area contributed by atoms with Gasteiger partial charge in [0.05, 0.1) is 14.6 Å². The SMILES string of the molecule is [NaH].c1csc(-c2nc(-c3cccs3)nc(-c3cccs3)n2)c1. The second kappa shape index (κ2) is 7.12. The normalized spacial score (nSPS) is 10.4. The van der Waals surface area contributed by atoms with Gasteiger partial charge in [0.2, 0.25) is 0 Å². The Bertz CT molecular complexity index is 713. The maximum absolute atomic E-state index is 4.63. The van der Waals surface area contributed by atoms with Crippen LogP contribution in [0.1, 0.15) is 0 Å². The topological polar surface area (TPSA) is 38.7 Å². The molecule has 4 heterocycles. The molecule has 104 valence electrons. The average molecular weight is 351 g/mol. The van der Waals surface area contributed by atoms with E-state index in [9.17, 15) is 0 Å². The Kier molecular flexibility index (Phi) is 5.18. The van der Waals surface area contributed by atoms with Gasteiger partial charge in [-0.2, -0.15) is 0 Å². The zero-order valence-corrected chi connectivity index (χ0v) is 13.2. The number of hydrogen-bond donors (Lipinski definition) is 0. The van der Waals surface area contributed by atoms with Crippen LogP contribution >= 0.6 is 34.0 Å². The summed E-state index contributed by atoms with van der Waals surface area (Å²) >= 11 is 4.93.